The van der Waals surface area contributed by atoms with Crippen LogP contribution in [-0.2, 0) is 0 Å². The minimum Gasteiger partial charge on any atom is -0.0654 e. The molecule has 0 nitrogen and oxygen atoms in total. The highest BCUT2D eigenvalue weighted by Crippen LogP contribution is 2.43. The molecule has 0 aromatic heterocycles. The van der Waals surface area contributed by atoms with E-state index >= 15 is 0 Å². The third-order valence-electron chi connectivity index (χ3n) is 9.46. The van der Waals surface area contributed by atoms with Gasteiger partial charge in [-0.3, -0.25) is 0 Å². The summed E-state index contributed by atoms with van der Waals surface area (Å²) in [5, 5.41) is 0. The maximum absolute atomic E-state index is 2.61. The average molecular weight is 464 g/mol. The van der Waals surface area contributed by atoms with Crippen molar-refractivity contribution < 1.29 is 0 Å². The second-order valence-electron chi connectivity index (χ2n) is 12.1. The van der Waals surface area contributed by atoms with Crippen LogP contribution < -0.4 is 0 Å². The summed E-state index contributed by atoms with van der Waals surface area (Å²) in [6.45, 7) is 24.5. The van der Waals surface area contributed by atoms with Crippen LogP contribution in [0.25, 0.3) is 0 Å². The molecule has 0 spiro atoms. The first-order valence-electron chi connectivity index (χ1n) is 15.6. The molecule has 0 heteroatoms. The van der Waals surface area contributed by atoms with E-state index in [2.05, 4.69) is 69.2 Å². The number of unbranched alkanes of at least 4 members (excludes halogenated alkanes) is 3. The fourth-order valence-electron chi connectivity index (χ4n) is 6.61. The molecule has 0 aromatic carbocycles. The summed E-state index contributed by atoms with van der Waals surface area (Å²) < 4.78 is 0. The van der Waals surface area contributed by atoms with Crippen LogP contribution in [-0.4, -0.2) is 0 Å². The van der Waals surface area contributed by atoms with Gasteiger partial charge in [-0.15, -0.1) is 0 Å². The SMILES string of the molecule is CCCCCCC(CCCC(C)CCC)C(CC)C(C(C)CC)C(C)CC[C+](C)C(C)CC. The molecule has 0 saturated carbocycles. The van der Waals surface area contributed by atoms with Crippen LogP contribution in [0.2, 0.25) is 0 Å². The van der Waals surface area contributed by atoms with Gasteiger partial charge in [0.2, 0.25) is 0 Å². The van der Waals surface area contributed by atoms with Crippen molar-refractivity contribution in [3.8, 4) is 0 Å². The van der Waals surface area contributed by atoms with E-state index < -0.39 is 0 Å². The second kappa shape index (κ2) is 20.1. The summed E-state index contributed by atoms with van der Waals surface area (Å²) in [6, 6.07) is 0. The molecule has 0 amide bonds. The molecule has 0 aromatic rings. The van der Waals surface area contributed by atoms with Crippen LogP contribution in [0.5, 0.6) is 0 Å². The normalized spacial score (nSPS) is 18.4. The minimum absolute atomic E-state index is 0.789. The molecule has 0 aliphatic carbocycles. The van der Waals surface area contributed by atoms with Crippen molar-refractivity contribution >= 4 is 0 Å². The maximum atomic E-state index is 2.61. The molecule has 33 heavy (non-hydrogen) atoms. The lowest BCUT2D eigenvalue weighted by Gasteiger charge is -2.40. The topological polar surface area (TPSA) is 0 Å². The Hall–Kier alpha value is -0.130. The van der Waals surface area contributed by atoms with E-state index in [1.807, 2.05) is 0 Å². The number of hydrogen-bond donors (Lipinski definition) is 0. The average Bonchev–Trinajstić information content (AvgIpc) is 2.81. The van der Waals surface area contributed by atoms with Gasteiger partial charge < -0.3 is 0 Å². The van der Waals surface area contributed by atoms with Gasteiger partial charge in [0.1, 0.15) is 0 Å². The Morgan fingerprint density at radius 3 is 1.79 bits per heavy atom. The van der Waals surface area contributed by atoms with E-state index in [1.165, 1.54) is 96.3 Å². The quantitative estimate of drug-likeness (QED) is 0.111. The molecule has 0 fully saturated rings. The van der Waals surface area contributed by atoms with Crippen LogP contribution in [0, 0.1) is 47.3 Å². The van der Waals surface area contributed by atoms with Gasteiger partial charge in [-0.1, -0.05) is 132 Å². The van der Waals surface area contributed by atoms with E-state index in [4.69, 9.17) is 0 Å². The molecule has 0 heterocycles. The Morgan fingerprint density at radius 2 is 1.24 bits per heavy atom. The summed E-state index contributed by atoms with van der Waals surface area (Å²) in [5.74, 6) is 7.91. The third kappa shape index (κ3) is 13.5. The number of hydrogen-bond acceptors (Lipinski definition) is 0. The highest BCUT2D eigenvalue weighted by Gasteiger charge is 2.35. The molecule has 0 aliphatic rings. The molecular weight excluding hydrogens is 396 g/mol. The van der Waals surface area contributed by atoms with Crippen molar-refractivity contribution in [1.82, 2.24) is 0 Å². The standard InChI is InChI=1S/C33H67/c1-11-16-17-18-22-31(23-19-21-26(6)20-12-2)32(15-5)33(28(8)14-4)30(10)25-24-29(9)27(7)13-3/h26-28,30-33H,11-25H2,1-10H3/q+1. The molecule has 0 saturated heterocycles. The summed E-state index contributed by atoms with van der Waals surface area (Å²) >= 11 is 0. The molecule has 7 atom stereocenters. The van der Waals surface area contributed by atoms with E-state index in [1.54, 1.807) is 5.92 Å². The lowest BCUT2D eigenvalue weighted by molar-refractivity contribution is 0.0879. The molecular formula is C33H67+. The van der Waals surface area contributed by atoms with Gasteiger partial charge in [-0.2, -0.15) is 0 Å². The van der Waals surface area contributed by atoms with Crippen molar-refractivity contribution in [3.05, 3.63) is 5.92 Å². The van der Waals surface area contributed by atoms with Crippen molar-refractivity contribution in [2.24, 2.45) is 41.4 Å². The molecule has 0 bridgehead atoms. The maximum Gasteiger partial charge on any atom is 0.0968 e. The van der Waals surface area contributed by atoms with Crippen molar-refractivity contribution in [3.63, 3.8) is 0 Å². The van der Waals surface area contributed by atoms with E-state index in [9.17, 15) is 0 Å². The lowest BCUT2D eigenvalue weighted by atomic mass is 9.64. The first kappa shape index (κ1) is 32.9. The fraction of sp³-hybridized carbons (Fsp3) is 0.970. The lowest BCUT2D eigenvalue weighted by Crippen LogP contribution is -2.33. The van der Waals surface area contributed by atoms with E-state index in [0.29, 0.717) is 0 Å². The summed E-state index contributed by atoms with van der Waals surface area (Å²) in [7, 11) is 0. The van der Waals surface area contributed by atoms with Crippen molar-refractivity contribution in [2.75, 3.05) is 0 Å². The Bertz CT molecular complexity index is 412. The minimum atomic E-state index is 0.789. The summed E-state index contributed by atoms with van der Waals surface area (Å²) in [6.07, 6.45) is 21.1. The van der Waals surface area contributed by atoms with Crippen molar-refractivity contribution in [1.29, 1.82) is 0 Å². The van der Waals surface area contributed by atoms with Gasteiger partial charge in [0.25, 0.3) is 0 Å². The highest BCUT2D eigenvalue weighted by atomic mass is 14.4. The monoisotopic (exact) mass is 464 g/mol. The van der Waals surface area contributed by atoms with Gasteiger partial charge in [0, 0.05) is 0 Å². The van der Waals surface area contributed by atoms with Gasteiger partial charge in [-0.25, -0.2) is 0 Å². The zero-order valence-corrected chi connectivity index (χ0v) is 25.1. The van der Waals surface area contributed by atoms with Gasteiger partial charge in [0.05, 0.1) is 25.2 Å². The molecule has 0 rings (SSSR count). The Kier molecular flexibility index (Phi) is 20.0. The molecule has 0 radical (unpaired) electrons. The Labute approximate surface area is 212 Å². The zero-order chi connectivity index (χ0) is 25.2. The largest absolute Gasteiger partial charge is 0.0968 e. The van der Waals surface area contributed by atoms with Gasteiger partial charge in [0.15, 0.2) is 0 Å². The Morgan fingerprint density at radius 1 is 0.576 bits per heavy atom. The third-order valence-corrected chi connectivity index (χ3v) is 9.46. The highest BCUT2D eigenvalue weighted by molar-refractivity contribution is 4.91. The van der Waals surface area contributed by atoms with Crippen LogP contribution in [0.1, 0.15) is 166 Å². The molecule has 0 N–H and O–H groups in total. The smallest absolute Gasteiger partial charge is 0.0654 e. The fourth-order valence-corrected chi connectivity index (χ4v) is 6.61. The van der Waals surface area contributed by atoms with Crippen LogP contribution in [0.4, 0.5) is 0 Å². The van der Waals surface area contributed by atoms with Crippen molar-refractivity contribution in [2.45, 2.75) is 166 Å². The first-order valence-corrected chi connectivity index (χ1v) is 15.6. The molecule has 198 valence electrons. The first-order chi connectivity index (χ1) is 15.8. The van der Waals surface area contributed by atoms with Crippen LogP contribution in [0.15, 0.2) is 0 Å². The van der Waals surface area contributed by atoms with Gasteiger partial charge in [-0.05, 0) is 55.3 Å². The number of rotatable bonds is 22. The predicted molar refractivity (Wildman–Crippen MR) is 154 cm³/mol. The van der Waals surface area contributed by atoms with Crippen LogP contribution in [0.3, 0.4) is 0 Å². The summed E-state index contributed by atoms with van der Waals surface area (Å²) in [5.41, 5.74) is 0. The van der Waals surface area contributed by atoms with Gasteiger partial charge >= 0.3 is 0 Å². The Balaban J connectivity index is 5.39. The molecule has 0 aliphatic heterocycles. The zero-order valence-electron chi connectivity index (χ0n) is 25.1. The summed E-state index contributed by atoms with van der Waals surface area (Å²) in [4.78, 5) is 0. The second-order valence-corrected chi connectivity index (χ2v) is 12.1. The molecule has 7 unspecified atom stereocenters. The predicted octanol–water partition coefficient (Wildman–Crippen LogP) is 11.9. The van der Waals surface area contributed by atoms with Crippen LogP contribution >= 0.6 is 0 Å². The van der Waals surface area contributed by atoms with E-state index in [0.717, 1.165) is 41.4 Å². The van der Waals surface area contributed by atoms with E-state index in [-0.39, 0.29) is 0 Å².